The normalized spacial score (nSPS) is 16.8. The molecule has 1 aliphatic rings. The number of carbonyl (C=O) groups is 1. The number of rotatable bonds is 3. The summed E-state index contributed by atoms with van der Waals surface area (Å²) in [6, 6.07) is 17.7. The SMILES string of the molecule is CN(CC1Cc2ccccc2CO1)C(=O)c1cc2ccccc2o1. The molecule has 0 radical (unpaired) electrons. The molecule has 24 heavy (non-hydrogen) atoms. The Morgan fingerprint density at radius 1 is 1.12 bits per heavy atom. The predicted octanol–water partition coefficient (Wildman–Crippen LogP) is 3.65. The smallest absolute Gasteiger partial charge is 0.289 e. The van der Waals surface area contributed by atoms with Gasteiger partial charge in [0.15, 0.2) is 5.76 Å². The molecule has 0 spiro atoms. The van der Waals surface area contributed by atoms with Crippen LogP contribution in [-0.4, -0.2) is 30.5 Å². The van der Waals surface area contributed by atoms with E-state index in [-0.39, 0.29) is 12.0 Å². The summed E-state index contributed by atoms with van der Waals surface area (Å²) in [5.74, 6) is 0.253. The van der Waals surface area contributed by atoms with Crippen molar-refractivity contribution in [3.05, 3.63) is 71.5 Å². The maximum atomic E-state index is 12.6. The van der Waals surface area contributed by atoms with Gasteiger partial charge in [-0.3, -0.25) is 4.79 Å². The van der Waals surface area contributed by atoms with Gasteiger partial charge in [0.25, 0.3) is 5.91 Å². The summed E-state index contributed by atoms with van der Waals surface area (Å²) >= 11 is 0. The van der Waals surface area contributed by atoms with E-state index in [4.69, 9.17) is 9.15 Å². The summed E-state index contributed by atoms with van der Waals surface area (Å²) in [6.45, 7) is 1.15. The number of ether oxygens (including phenoxy) is 1. The van der Waals surface area contributed by atoms with Crippen LogP contribution in [0, 0.1) is 0 Å². The number of hydrogen-bond acceptors (Lipinski definition) is 3. The van der Waals surface area contributed by atoms with Crippen molar-refractivity contribution in [2.24, 2.45) is 0 Å². The molecular formula is C20H19NO3. The standard InChI is InChI=1S/C20H19NO3/c1-21(12-17-10-14-6-2-3-8-16(14)13-23-17)20(22)19-11-15-7-4-5-9-18(15)24-19/h2-9,11,17H,10,12-13H2,1H3. The second kappa shape index (κ2) is 6.13. The highest BCUT2D eigenvalue weighted by Crippen LogP contribution is 2.22. The molecule has 1 aliphatic heterocycles. The average Bonchev–Trinajstić information content (AvgIpc) is 3.05. The van der Waals surface area contributed by atoms with Crippen LogP contribution in [-0.2, 0) is 17.8 Å². The van der Waals surface area contributed by atoms with Crippen LogP contribution in [0.2, 0.25) is 0 Å². The van der Waals surface area contributed by atoms with E-state index in [0.717, 1.165) is 17.4 Å². The fraction of sp³-hybridized carbons (Fsp3) is 0.250. The molecule has 4 rings (SSSR count). The topological polar surface area (TPSA) is 42.7 Å². The summed E-state index contributed by atoms with van der Waals surface area (Å²) in [5.41, 5.74) is 3.27. The Labute approximate surface area is 140 Å². The third-order valence-electron chi connectivity index (χ3n) is 4.50. The van der Waals surface area contributed by atoms with E-state index in [1.54, 1.807) is 18.0 Å². The summed E-state index contributed by atoms with van der Waals surface area (Å²) in [5, 5.41) is 0.942. The van der Waals surface area contributed by atoms with E-state index in [2.05, 4.69) is 12.1 Å². The molecule has 4 heteroatoms. The van der Waals surface area contributed by atoms with Crippen LogP contribution in [0.1, 0.15) is 21.7 Å². The van der Waals surface area contributed by atoms with Crippen molar-refractivity contribution in [3.63, 3.8) is 0 Å². The summed E-state index contributed by atoms with van der Waals surface area (Å²) in [6.07, 6.45) is 0.840. The molecule has 2 aromatic carbocycles. The van der Waals surface area contributed by atoms with Gasteiger partial charge in [0.1, 0.15) is 5.58 Å². The van der Waals surface area contributed by atoms with Gasteiger partial charge in [-0.1, -0.05) is 42.5 Å². The largest absolute Gasteiger partial charge is 0.451 e. The number of carbonyl (C=O) groups excluding carboxylic acids is 1. The fourth-order valence-corrected chi connectivity index (χ4v) is 3.19. The Hall–Kier alpha value is -2.59. The van der Waals surface area contributed by atoms with Crippen molar-refractivity contribution >= 4 is 16.9 Å². The summed E-state index contributed by atoms with van der Waals surface area (Å²) in [4.78, 5) is 14.3. The van der Waals surface area contributed by atoms with Crippen molar-refractivity contribution in [1.29, 1.82) is 0 Å². The lowest BCUT2D eigenvalue weighted by Gasteiger charge is -2.28. The van der Waals surface area contributed by atoms with Gasteiger partial charge in [-0.25, -0.2) is 0 Å². The minimum Gasteiger partial charge on any atom is -0.451 e. The molecule has 0 fully saturated rings. The number of para-hydroxylation sites is 1. The van der Waals surface area contributed by atoms with Gasteiger partial charge in [0.2, 0.25) is 0 Å². The lowest BCUT2D eigenvalue weighted by molar-refractivity contribution is 0.00925. The van der Waals surface area contributed by atoms with Gasteiger partial charge in [0.05, 0.1) is 12.7 Å². The van der Waals surface area contributed by atoms with Gasteiger partial charge in [-0.15, -0.1) is 0 Å². The average molecular weight is 321 g/mol. The monoisotopic (exact) mass is 321 g/mol. The van der Waals surface area contributed by atoms with Crippen LogP contribution in [0.15, 0.2) is 59.0 Å². The van der Waals surface area contributed by atoms with Crippen LogP contribution in [0.4, 0.5) is 0 Å². The molecule has 2 heterocycles. The molecule has 1 amide bonds. The Kier molecular flexibility index (Phi) is 3.82. The quantitative estimate of drug-likeness (QED) is 0.739. The highest BCUT2D eigenvalue weighted by molar-refractivity contribution is 5.95. The zero-order chi connectivity index (χ0) is 16.5. The van der Waals surface area contributed by atoms with Crippen molar-refractivity contribution < 1.29 is 13.9 Å². The second-order valence-electron chi connectivity index (χ2n) is 6.24. The van der Waals surface area contributed by atoms with Crippen molar-refractivity contribution in [1.82, 2.24) is 4.90 Å². The van der Waals surface area contributed by atoms with Crippen LogP contribution >= 0.6 is 0 Å². The maximum Gasteiger partial charge on any atom is 0.289 e. The first-order valence-electron chi connectivity index (χ1n) is 8.13. The van der Waals surface area contributed by atoms with Crippen LogP contribution in [0.3, 0.4) is 0 Å². The van der Waals surface area contributed by atoms with Crippen molar-refractivity contribution in [2.75, 3.05) is 13.6 Å². The third kappa shape index (κ3) is 2.81. The molecule has 122 valence electrons. The van der Waals surface area contributed by atoms with Gasteiger partial charge < -0.3 is 14.1 Å². The molecule has 0 bridgehead atoms. The van der Waals surface area contributed by atoms with Crippen LogP contribution in [0.5, 0.6) is 0 Å². The number of likely N-dealkylation sites (N-methyl/N-ethyl adjacent to an activating group) is 1. The van der Waals surface area contributed by atoms with E-state index in [9.17, 15) is 4.79 Å². The van der Waals surface area contributed by atoms with Gasteiger partial charge in [-0.05, 0) is 23.3 Å². The molecule has 1 unspecified atom stereocenters. The van der Waals surface area contributed by atoms with E-state index >= 15 is 0 Å². The minimum absolute atomic E-state index is 0.0122. The number of amides is 1. The second-order valence-corrected chi connectivity index (χ2v) is 6.24. The Balaban J connectivity index is 1.46. The molecular weight excluding hydrogens is 302 g/mol. The molecule has 0 N–H and O–H groups in total. The molecule has 0 aliphatic carbocycles. The van der Waals surface area contributed by atoms with Crippen LogP contribution in [0.25, 0.3) is 11.0 Å². The third-order valence-corrected chi connectivity index (χ3v) is 4.50. The fourth-order valence-electron chi connectivity index (χ4n) is 3.19. The first-order chi connectivity index (χ1) is 11.7. The molecule has 3 aromatic rings. The molecule has 1 atom stereocenters. The minimum atomic E-state index is -0.117. The van der Waals surface area contributed by atoms with Crippen molar-refractivity contribution in [2.45, 2.75) is 19.1 Å². The molecule has 4 nitrogen and oxygen atoms in total. The predicted molar refractivity (Wildman–Crippen MR) is 91.9 cm³/mol. The molecule has 1 aromatic heterocycles. The highest BCUT2D eigenvalue weighted by atomic mass is 16.5. The molecule has 0 saturated heterocycles. The van der Waals surface area contributed by atoms with Gasteiger partial charge >= 0.3 is 0 Å². The Morgan fingerprint density at radius 3 is 2.71 bits per heavy atom. The summed E-state index contributed by atoms with van der Waals surface area (Å²) in [7, 11) is 1.79. The van der Waals surface area contributed by atoms with E-state index in [0.29, 0.717) is 18.9 Å². The van der Waals surface area contributed by atoms with E-state index < -0.39 is 0 Å². The number of benzene rings is 2. The number of nitrogens with zero attached hydrogens (tertiary/aromatic N) is 1. The summed E-state index contributed by atoms with van der Waals surface area (Å²) < 4.78 is 11.6. The zero-order valence-electron chi connectivity index (χ0n) is 13.6. The van der Waals surface area contributed by atoms with Gasteiger partial charge in [-0.2, -0.15) is 0 Å². The first-order valence-corrected chi connectivity index (χ1v) is 8.13. The van der Waals surface area contributed by atoms with Gasteiger partial charge in [0, 0.05) is 25.4 Å². The Morgan fingerprint density at radius 2 is 1.88 bits per heavy atom. The number of fused-ring (bicyclic) bond motifs is 2. The maximum absolute atomic E-state index is 12.6. The molecule has 0 saturated carbocycles. The van der Waals surface area contributed by atoms with E-state index in [1.807, 2.05) is 36.4 Å². The lowest BCUT2D eigenvalue weighted by atomic mass is 9.99. The first kappa shape index (κ1) is 15.0. The van der Waals surface area contributed by atoms with Crippen molar-refractivity contribution in [3.8, 4) is 0 Å². The van der Waals surface area contributed by atoms with E-state index in [1.165, 1.54) is 11.1 Å². The number of furan rings is 1. The zero-order valence-corrected chi connectivity index (χ0v) is 13.6. The van der Waals surface area contributed by atoms with Crippen LogP contribution < -0.4 is 0 Å². The number of hydrogen-bond donors (Lipinski definition) is 0. The lowest BCUT2D eigenvalue weighted by Crippen LogP contribution is -2.38. The highest BCUT2D eigenvalue weighted by Gasteiger charge is 2.24. The Bertz CT molecular complexity index is 850.